The summed E-state index contributed by atoms with van der Waals surface area (Å²) in [4.78, 5) is 43.5. The van der Waals surface area contributed by atoms with Crippen LogP contribution < -0.4 is 33.0 Å². The lowest BCUT2D eigenvalue weighted by Gasteiger charge is -2.17. The average molecular weight is 549 g/mol. The Morgan fingerprint density at radius 2 is 1.88 bits per heavy atom. The number of anilines is 2. The number of amidine groups is 1. The first-order chi connectivity index (χ1) is 18.9. The lowest BCUT2D eigenvalue weighted by Crippen LogP contribution is -2.35. The Kier molecular flexibility index (Phi) is 9.49. The fourth-order valence-electron chi connectivity index (χ4n) is 3.90. The van der Waals surface area contributed by atoms with Crippen LogP contribution in [0, 0.1) is 5.41 Å². The summed E-state index contributed by atoms with van der Waals surface area (Å²) in [6, 6.07) is 9.17. The molecule has 3 aromatic rings. The smallest absolute Gasteiger partial charge is 0.294 e. The van der Waals surface area contributed by atoms with Gasteiger partial charge in [-0.15, -0.1) is 0 Å². The summed E-state index contributed by atoms with van der Waals surface area (Å²) in [7, 11) is 0. The Morgan fingerprint density at radius 1 is 1.15 bits per heavy atom. The number of amides is 2. The topological polar surface area (TPSA) is 201 Å². The van der Waals surface area contributed by atoms with Crippen molar-refractivity contribution in [1.82, 2.24) is 20.2 Å². The summed E-state index contributed by atoms with van der Waals surface area (Å²) >= 11 is 0. The molecule has 2 aromatic carbocycles. The highest BCUT2D eigenvalue weighted by Gasteiger charge is 2.18. The minimum Gasteiger partial charge on any atom is -0.507 e. The van der Waals surface area contributed by atoms with Gasteiger partial charge in [-0.2, -0.15) is 0 Å². The fourth-order valence-corrected chi connectivity index (χ4v) is 3.90. The maximum Gasteiger partial charge on any atom is 0.294 e. The van der Waals surface area contributed by atoms with Crippen molar-refractivity contribution in [2.24, 2.45) is 5.73 Å². The molecule has 0 aliphatic rings. The average Bonchev–Trinajstić information content (AvgIpc) is 2.88. The van der Waals surface area contributed by atoms with Gasteiger partial charge in [-0.05, 0) is 63.1 Å². The lowest BCUT2D eigenvalue weighted by molar-refractivity contribution is -0.121. The quantitative estimate of drug-likeness (QED) is 0.107. The number of rotatable bonds is 11. The molecule has 0 aliphatic heterocycles. The predicted octanol–water partition coefficient (Wildman–Crippen LogP) is 2.15. The number of benzene rings is 2. The number of nitrogens with two attached hydrogens (primary N) is 2. The van der Waals surface area contributed by atoms with Crippen molar-refractivity contribution < 1.29 is 14.7 Å². The van der Waals surface area contributed by atoms with E-state index in [1.807, 2.05) is 27.7 Å². The minimum atomic E-state index is -0.516. The molecule has 212 valence electrons. The summed E-state index contributed by atoms with van der Waals surface area (Å²) in [5.41, 5.74) is 13.2. The molecular weight excluding hydrogens is 512 g/mol. The second-order valence-electron chi connectivity index (χ2n) is 9.85. The maximum absolute atomic E-state index is 13.4. The van der Waals surface area contributed by atoms with Crippen LogP contribution in [-0.4, -0.2) is 44.4 Å². The number of hydrogen-bond donors (Lipinski definition) is 7. The molecule has 2 amide bonds. The SMILES string of the molecule is CCC(C)NC(=O)c1cc(N)cc(-c2cnc(NC(C)C)c(=O)n2CC(=O)NCc2ccc(C(=N)N)c(O)c2)c1. The summed E-state index contributed by atoms with van der Waals surface area (Å²) in [6.45, 7) is 7.30. The third kappa shape index (κ3) is 7.37. The van der Waals surface area contributed by atoms with Gasteiger partial charge in [-0.25, -0.2) is 4.98 Å². The Morgan fingerprint density at radius 3 is 2.50 bits per heavy atom. The van der Waals surface area contributed by atoms with Crippen LogP contribution in [-0.2, 0) is 17.9 Å². The number of nitrogen functional groups attached to an aromatic ring is 2. The minimum absolute atomic E-state index is 0.0390. The molecule has 0 fully saturated rings. The molecular formula is C28H36N8O4. The number of nitrogens with zero attached hydrogens (tertiary/aromatic N) is 2. The number of nitrogens with one attached hydrogen (secondary N) is 4. The van der Waals surface area contributed by atoms with Crippen LogP contribution in [0.1, 0.15) is 55.6 Å². The zero-order chi connectivity index (χ0) is 29.6. The summed E-state index contributed by atoms with van der Waals surface area (Å²) in [5.74, 6) is -1.15. The molecule has 9 N–H and O–H groups in total. The third-order valence-corrected chi connectivity index (χ3v) is 6.13. The van der Waals surface area contributed by atoms with Gasteiger partial charge in [0.05, 0.1) is 17.5 Å². The van der Waals surface area contributed by atoms with Gasteiger partial charge in [0, 0.05) is 35.4 Å². The zero-order valence-corrected chi connectivity index (χ0v) is 23.0. The number of aromatic nitrogens is 2. The van der Waals surface area contributed by atoms with Crippen LogP contribution in [0.2, 0.25) is 0 Å². The van der Waals surface area contributed by atoms with Gasteiger partial charge in [-0.3, -0.25) is 24.4 Å². The van der Waals surface area contributed by atoms with Gasteiger partial charge in [0.25, 0.3) is 11.5 Å². The van der Waals surface area contributed by atoms with Crippen molar-refractivity contribution in [2.75, 3.05) is 11.1 Å². The molecule has 12 nitrogen and oxygen atoms in total. The van der Waals surface area contributed by atoms with Gasteiger partial charge in [0.2, 0.25) is 5.91 Å². The number of aromatic hydroxyl groups is 1. The van der Waals surface area contributed by atoms with Crippen molar-refractivity contribution in [3.63, 3.8) is 0 Å². The largest absolute Gasteiger partial charge is 0.507 e. The molecule has 1 aromatic heterocycles. The number of hydrogen-bond acceptors (Lipinski definition) is 8. The molecule has 1 heterocycles. The normalized spacial score (nSPS) is 11.6. The van der Waals surface area contributed by atoms with E-state index < -0.39 is 11.5 Å². The number of phenolic OH excluding ortho intramolecular Hbond substituents is 1. The molecule has 0 spiro atoms. The maximum atomic E-state index is 13.4. The van der Waals surface area contributed by atoms with E-state index in [2.05, 4.69) is 20.9 Å². The van der Waals surface area contributed by atoms with Gasteiger partial charge in [-0.1, -0.05) is 13.0 Å². The molecule has 0 aliphatic carbocycles. The predicted molar refractivity (Wildman–Crippen MR) is 155 cm³/mol. The molecule has 3 rings (SSSR count). The zero-order valence-electron chi connectivity index (χ0n) is 23.0. The van der Waals surface area contributed by atoms with Crippen molar-refractivity contribution in [3.8, 4) is 17.0 Å². The Balaban J connectivity index is 1.95. The first-order valence-corrected chi connectivity index (χ1v) is 12.9. The van der Waals surface area contributed by atoms with E-state index in [4.69, 9.17) is 16.9 Å². The Bertz CT molecular complexity index is 1480. The molecule has 1 atom stereocenters. The first-order valence-electron chi connectivity index (χ1n) is 12.9. The van der Waals surface area contributed by atoms with Gasteiger partial charge < -0.3 is 32.5 Å². The molecule has 0 saturated carbocycles. The monoisotopic (exact) mass is 548 g/mol. The molecule has 12 heteroatoms. The summed E-state index contributed by atoms with van der Waals surface area (Å²) in [6.07, 6.45) is 2.22. The van der Waals surface area contributed by atoms with Gasteiger partial charge in [0.15, 0.2) is 5.82 Å². The van der Waals surface area contributed by atoms with Gasteiger partial charge >= 0.3 is 0 Å². The van der Waals surface area contributed by atoms with Crippen molar-refractivity contribution in [2.45, 2.75) is 59.3 Å². The highest BCUT2D eigenvalue weighted by atomic mass is 16.3. The van der Waals surface area contributed by atoms with Crippen molar-refractivity contribution >= 4 is 29.2 Å². The Hall–Kier alpha value is -4.87. The molecule has 0 saturated heterocycles. The van der Waals surface area contributed by atoms with Gasteiger partial charge in [0.1, 0.15) is 18.1 Å². The molecule has 40 heavy (non-hydrogen) atoms. The first kappa shape index (κ1) is 29.7. The number of carbonyl (C=O) groups excluding carboxylic acids is 2. The fraction of sp³-hybridized carbons (Fsp3) is 0.321. The van der Waals surface area contributed by atoms with Crippen LogP contribution in [0.3, 0.4) is 0 Å². The number of carbonyl (C=O) groups is 2. The van der Waals surface area contributed by atoms with E-state index in [9.17, 15) is 19.5 Å². The highest BCUT2D eigenvalue weighted by molar-refractivity contribution is 5.97. The summed E-state index contributed by atoms with van der Waals surface area (Å²) in [5, 5.41) is 26.2. The lowest BCUT2D eigenvalue weighted by atomic mass is 10.1. The van der Waals surface area contributed by atoms with E-state index in [1.165, 1.54) is 22.9 Å². The second-order valence-corrected chi connectivity index (χ2v) is 9.85. The van der Waals surface area contributed by atoms with Crippen LogP contribution in [0.15, 0.2) is 47.4 Å². The van der Waals surface area contributed by atoms with Crippen LogP contribution >= 0.6 is 0 Å². The Labute approximate surface area is 232 Å². The van der Waals surface area contributed by atoms with Crippen LogP contribution in [0.25, 0.3) is 11.3 Å². The van der Waals surface area contributed by atoms with Crippen molar-refractivity contribution in [1.29, 1.82) is 5.41 Å². The van der Waals surface area contributed by atoms with E-state index in [0.29, 0.717) is 28.1 Å². The van der Waals surface area contributed by atoms with Crippen molar-refractivity contribution in [3.05, 3.63) is 69.6 Å². The van der Waals surface area contributed by atoms with E-state index in [-0.39, 0.29) is 54.0 Å². The standard InChI is InChI=1S/C28H36N8O4/c1-5-16(4)35-27(39)19-9-18(10-20(29)11-19)22-13-33-26(34-15(2)3)28(40)36(22)14-24(38)32-12-17-6-7-21(25(30)31)23(37)8-17/h6-11,13,15-16,37H,5,12,14,29H2,1-4H3,(H3,30,31)(H,32,38)(H,33,34)(H,35,39). The van der Waals surface area contributed by atoms with E-state index in [1.54, 1.807) is 24.3 Å². The third-order valence-electron chi connectivity index (χ3n) is 6.13. The molecule has 1 unspecified atom stereocenters. The van der Waals surface area contributed by atoms with Crippen LogP contribution in [0.5, 0.6) is 5.75 Å². The second kappa shape index (κ2) is 12.8. The number of phenols is 1. The van der Waals surface area contributed by atoms with E-state index in [0.717, 1.165) is 6.42 Å². The highest BCUT2D eigenvalue weighted by Crippen LogP contribution is 2.24. The molecule has 0 bridgehead atoms. The molecule has 0 radical (unpaired) electrons. The van der Waals surface area contributed by atoms with E-state index >= 15 is 0 Å². The van der Waals surface area contributed by atoms with Crippen LogP contribution in [0.4, 0.5) is 11.5 Å². The summed E-state index contributed by atoms with van der Waals surface area (Å²) < 4.78 is 1.27.